The van der Waals surface area contributed by atoms with Crippen LogP contribution in [0, 0.1) is 0 Å². The molecule has 1 aromatic heterocycles. The van der Waals surface area contributed by atoms with E-state index in [0.29, 0.717) is 36.1 Å². The number of anilines is 2. The Morgan fingerprint density at radius 1 is 0.967 bits per heavy atom. The Morgan fingerprint density at radius 2 is 1.70 bits per heavy atom. The molecule has 0 saturated carbocycles. The second-order valence-corrected chi connectivity index (χ2v) is 8.29. The molecule has 1 N–H and O–H groups in total. The van der Waals surface area contributed by atoms with Crippen molar-refractivity contribution in [3.8, 4) is 11.5 Å². The molecule has 0 aliphatic rings. The minimum Gasteiger partial charge on any atom is -0.493 e. The van der Waals surface area contributed by atoms with Gasteiger partial charge in [0.1, 0.15) is 10.7 Å². The molecule has 0 radical (unpaired) electrons. The molecule has 0 unspecified atom stereocenters. The van der Waals surface area contributed by atoms with Gasteiger partial charge in [0.2, 0.25) is 0 Å². The van der Waals surface area contributed by atoms with E-state index in [1.807, 2.05) is 36.4 Å². The van der Waals surface area contributed by atoms with Crippen LogP contribution in [0.15, 0.2) is 71.8 Å². The first-order valence-electron chi connectivity index (χ1n) is 9.48. The van der Waals surface area contributed by atoms with Crippen LogP contribution in [-0.4, -0.2) is 34.2 Å². The van der Waals surface area contributed by atoms with E-state index < -0.39 is 10.0 Å². The average molecular weight is 428 g/mol. The standard InChI is InChI=1S/C22H25N3O4S/c1-4-25(18-8-6-5-7-9-18)30(26,27)19-11-13-22(24-16-19)23-15-17-10-12-20(28-2)21(14-17)29-3/h5-14,16H,4,15H2,1-3H3,(H,23,24). The van der Waals surface area contributed by atoms with E-state index in [1.165, 1.54) is 10.5 Å². The molecule has 0 amide bonds. The van der Waals surface area contributed by atoms with E-state index in [9.17, 15) is 8.42 Å². The van der Waals surface area contributed by atoms with E-state index in [4.69, 9.17) is 9.47 Å². The molecule has 8 heteroatoms. The topological polar surface area (TPSA) is 80.8 Å². The number of aromatic nitrogens is 1. The molecular formula is C22H25N3O4S. The molecular weight excluding hydrogens is 402 g/mol. The van der Waals surface area contributed by atoms with E-state index >= 15 is 0 Å². The number of hydrogen-bond acceptors (Lipinski definition) is 6. The van der Waals surface area contributed by atoms with Gasteiger partial charge in [-0.3, -0.25) is 4.31 Å². The number of nitrogens with one attached hydrogen (secondary N) is 1. The van der Waals surface area contributed by atoms with Gasteiger partial charge in [-0.1, -0.05) is 24.3 Å². The van der Waals surface area contributed by atoms with Gasteiger partial charge in [0.05, 0.1) is 19.9 Å². The quantitative estimate of drug-likeness (QED) is 0.557. The molecule has 0 spiro atoms. The summed E-state index contributed by atoms with van der Waals surface area (Å²) in [6.45, 7) is 2.63. The van der Waals surface area contributed by atoms with Crippen molar-refractivity contribution >= 4 is 21.5 Å². The smallest absolute Gasteiger partial charge is 0.265 e. The fraction of sp³-hybridized carbons (Fsp3) is 0.227. The molecule has 0 aliphatic heterocycles. The number of sulfonamides is 1. The van der Waals surface area contributed by atoms with Gasteiger partial charge in [-0.2, -0.15) is 0 Å². The van der Waals surface area contributed by atoms with E-state index in [-0.39, 0.29) is 4.90 Å². The SMILES string of the molecule is CCN(c1ccccc1)S(=O)(=O)c1ccc(NCc2ccc(OC)c(OC)c2)nc1. The molecule has 0 bridgehead atoms. The predicted molar refractivity (Wildman–Crippen MR) is 118 cm³/mol. The summed E-state index contributed by atoms with van der Waals surface area (Å²) < 4.78 is 38.0. The Hall–Kier alpha value is -3.26. The third-order valence-electron chi connectivity index (χ3n) is 4.58. The van der Waals surface area contributed by atoms with Crippen LogP contribution in [0.3, 0.4) is 0 Å². The van der Waals surface area contributed by atoms with Crippen LogP contribution >= 0.6 is 0 Å². The molecule has 1 heterocycles. The van der Waals surface area contributed by atoms with Gasteiger partial charge >= 0.3 is 0 Å². The van der Waals surface area contributed by atoms with Crippen LogP contribution in [0.4, 0.5) is 11.5 Å². The van der Waals surface area contributed by atoms with Crippen molar-refractivity contribution in [1.82, 2.24) is 4.98 Å². The number of ether oxygens (including phenoxy) is 2. The predicted octanol–water partition coefficient (Wildman–Crippen LogP) is 3.93. The minimum absolute atomic E-state index is 0.143. The Balaban J connectivity index is 1.73. The van der Waals surface area contributed by atoms with Crippen molar-refractivity contribution in [3.63, 3.8) is 0 Å². The molecule has 3 rings (SSSR count). The Bertz CT molecular complexity index is 1070. The molecule has 158 valence electrons. The average Bonchev–Trinajstić information content (AvgIpc) is 2.78. The van der Waals surface area contributed by atoms with E-state index in [2.05, 4.69) is 10.3 Å². The number of hydrogen-bond donors (Lipinski definition) is 1. The summed E-state index contributed by atoms with van der Waals surface area (Å²) in [7, 11) is -0.514. The van der Waals surface area contributed by atoms with Crippen LogP contribution in [0.25, 0.3) is 0 Å². The fourth-order valence-electron chi connectivity index (χ4n) is 3.03. The molecule has 0 aliphatic carbocycles. The maximum Gasteiger partial charge on any atom is 0.265 e. The van der Waals surface area contributed by atoms with Crippen molar-refractivity contribution in [2.75, 3.05) is 30.4 Å². The summed E-state index contributed by atoms with van der Waals surface area (Å²) in [5.41, 5.74) is 1.60. The van der Waals surface area contributed by atoms with Gasteiger partial charge < -0.3 is 14.8 Å². The maximum atomic E-state index is 13.0. The first-order valence-corrected chi connectivity index (χ1v) is 10.9. The first kappa shape index (κ1) is 21.4. The highest BCUT2D eigenvalue weighted by molar-refractivity contribution is 7.92. The summed E-state index contributed by atoms with van der Waals surface area (Å²) in [5.74, 6) is 1.88. The number of nitrogens with zero attached hydrogens (tertiary/aromatic N) is 2. The largest absolute Gasteiger partial charge is 0.493 e. The van der Waals surface area contributed by atoms with Crippen molar-refractivity contribution in [2.45, 2.75) is 18.4 Å². The molecule has 3 aromatic rings. The van der Waals surface area contributed by atoms with Gasteiger partial charge in [-0.25, -0.2) is 13.4 Å². The fourth-order valence-corrected chi connectivity index (χ4v) is 4.45. The van der Waals surface area contributed by atoms with Crippen LogP contribution in [-0.2, 0) is 16.6 Å². The zero-order valence-corrected chi connectivity index (χ0v) is 18.0. The molecule has 0 atom stereocenters. The van der Waals surface area contributed by atoms with Crippen molar-refractivity contribution in [3.05, 3.63) is 72.4 Å². The molecule has 0 fully saturated rings. The van der Waals surface area contributed by atoms with Crippen LogP contribution < -0.4 is 19.1 Å². The lowest BCUT2D eigenvalue weighted by Crippen LogP contribution is -2.30. The molecule has 2 aromatic carbocycles. The summed E-state index contributed by atoms with van der Waals surface area (Å²) in [5, 5.41) is 3.19. The molecule has 7 nitrogen and oxygen atoms in total. The van der Waals surface area contributed by atoms with Crippen molar-refractivity contribution < 1.29 is 17.9 Å². The molecule has 0 saturated heterocycles. The first-order chi connectivity index (χ1) is 14.5. The van der Waals surface area contributed by atoms with Gasteiger partial charge in [0, 0.05) is 19.3 Å². The Morgan fingerprint density at radius 3 is 2.30 bits per heavy atom. The number of pyridine rings is 1. The third kappa shape index (κ3) is 4.65. The van der Waals surface area contributed by atoms with E-state index in [1.54, 1.807) is 45.4 Å². The maximum absolute atomic E-state index is 13.0. The normalized spacial score (nSPS) is 11.0. The summed E-state index contributed by atoms with van der Waals surface area (Å²) in [6, 6.07) is 17.9. The van der Waals surface area contributed by atoms with Crippen LogP contribution in [0.5, 0.6) is 11.5 Å². The zero-order chi connectivity index (χ0) is 21.6. The lowest BCUT2D eigenvalue weighted by Gasteiger charge is -2.22. The van der Waals surface area contributed by atoms with Crippen molar-refractivity contribution in [1.29, 1.82) is 0 Å². The number of benzene rings is 2. The van der Waals surface area contributed by atoms with E-state index in [0.717, 1.165) is 5.56 Å². The van der Waals surface area contributed by atoms with Gasteiger partial charge in [-0.05, 0) is 48.9 Å². The highest BCUT2D eigenvalue weighted by Crippen LogP contribution is 2.28. The van der Waals surface area contributed by atoms with Gasteiger partial charge in [0.15, 0.2) is 11.5 Å². The zero-order valence-electron chi connectivity index (χ0n) is 17.2. The van der Waals surface area contributed by atoms with Crippen LogP contribution in [0.1, 0.15) is 12.5 Å². The Kier molecular flexibility index (Phi) is 6.79. The number of para-hydroxylation sites is 1. The summed E-state index contributed by atoms with van der Waals surface area (Å²) in [4.78, 5) is 4.42. The lowest BCUT2D eigenvalue weighted by atomic mass is 10.2. The highest BCUT2D eigenvalue weighted by atomic mass is 32.2. The molecule has 30 heavy (non-hydrogen) atoms. The Labute approximate surface area is 177 Å². The monoisotopic (exact) mass is 427 g/mol. The lowest BCUT2D eigenvalue weighted by molar-refractivity contribution is 0.354. The second-order valence-electron chi connectivity index (χ2n) is 6.43. The van der Waals surface area contributed by atoms with Gasteiger partial charge in [0.25, 0.3) is 10.0 Å². The second kappa shape index (κ2) is 9.49. The van der Waals surface area contributed by atoms with Crippen molar-refractivity contribution in [2.24, 2.45) is 0 Å². The summed E-state index contributed by atoms with van der Waals surface area (Å²) in [6.07, 6.45) is 1.37. The van der Waals surface area contributed by atoms with Gasteiger partial charge in [-0.15, -0.1) is 0 Å². The number of rotatable bonds is 9. The minimum atomic E-state index is -3.69. The number of methoxy groups -OCH3 is 2. The van der Waals surface area contributed by atoms with Crippen LogP contribution in [0.2, 0.25) is 0 Å². The highest BCUT2D eigenvalue weighted by Gasteiger charge is 2.23. The summed E-state index contributed by atoms with van der Waals surface area (Å²) >= 11 is 0. The third-order valence-corrected chi connectivity index (χ3v) is 6.46.